The summed E-state index contributed by atoms with van der Waals surface area (Å²) in [7, 11) is 1.41. The normalized spacial score (nSPS) is 11.0. The molecular formula is C21H15ClFN3O3. The quantitative estimate of drug-likeness (QED) is 0.517. The second-order valence-electron chi connectivity index (χ2n) is 6.40. The average Bonchev–Trinajstić information content (AvgIpc) is 3.10. The molecule has 0 bridgehead atoms. The van der Waals surface area contributed by atoms with Crippen LogP contribution < -0.4 is 4.74 Å². The van der Waals surface area contributed by atoms with Gasteiger partial charge in [0.15, 0.2) is 11.6 Å². The smallest absolute Gasteiger partial charge is 0.337 e. The minimum absolute atomic E-state index is 0.0907. The molecule has 0 saturated heterocycles. The number of fused-ring (bicyclic) bond motifs is 1. The highest BCUT2D eigenvalue weighted by molar-refractivity contribution is 6.32. The predicted octanol–water partition coefficient (Wildman–Crippen LogP) is 4.65. The molecule has 2 aromatic heterocycles. The van der Waals surface area contributed by atoms with Gasteiger partial charge in [0.25, 0.3) is 0 Å². The summed E-state index contributed by atoms with van der Waals surface area (Å²) in [5.74, 6) is -1.36. The second-order valence-corrected chi connectivity index (χ2v) is 6.84. The third-order valence-electron chi connectivity index (χ3n) is 4.53. The first-order chi connectivity index (χ1) is 14.0. The first-order valence-corrected chi connectivity index (χ1v) is 9.01. The molecule has 0 atom stereocenters. The Labute approximate surface area is 170 Å². The van der Waals surface area contributed by atoms with Gasteiger partial charge in [-0.1, -0.05) is 17.7 Å². The van der Waals surface area contributed by atoms with Crippen LogP contribution in [0, 0.1) is 5.82 Å². The van der Waals surface area contributed by atoms with Gasteiger partial charge in [-0.3, -0.25) is 9.67 Å². The first kappa shape index (κ1) is 18.9. The van der Waals surface area contributed by atoms with Crippen molar-refractivity contribution in [1.29, 1.82) is 0 Å². The molecular weight excluding hydrogens is 397 g/mol. The van der Waals surface area contributed by atoms with Gasteiger partial charge in [-0.15, -0.1) is 0 Å². The van der Waals surface area contributed by atoms with Crippen LogP contribution in [-0.4, -0.2) is 33.0 Å². The van der Waals surface area contributed by atoms with Gasteiger partial charge in [0, 0.05) is 22.2 Å². The van der Waals surface area contributed by atoms with Crippen LogP contribution in [0.15, 0.2) is 54.9 Å². The van der Waals surface area contributed by atoms with Gasteiger partial charge >= 0.3 is 5.97 Å². The summed E-state index contributed by atoms with van der Waals surface area (Å²) in [6.07, 6.45) is 3.26. The van der Waals surface area contributed by atoms with E-state index in [4.69, 9.17) is 16.3 Å². The number of methoxy groups -OCH3 is 1. The maximum atomic E-state index is 13.6. The highest BCUT2D eigenvalue weighted by atomic mass is 35.5. The average molecular weight is 412 g/mol. The van der Waals surface area contributed by atoms with Crippen molar-refractivity contribution in [1.82, 2.24) is 14.8 Å². The van der Waals surface area contributed by atoms with E-state index >= 15 is 0 Å². The summed E-state index contributed by atoms with van der Waals surface area (Å²) >= 11 is 6.00. The summed E-state index contributed by atoms with van der Waals surface area (Å²) in [5, 5.41) is 14.8. The molecule has 2 aromatic carbocycles. The molecule has 146 valence electrons. The molecule has 1 N–H and O–H groups in total. The number of carboxylic acids is 1. The Morgan fingerprint density at radius 2 is 2.03 bits per heavy atom. The largest absolute Gasteiger partial charge is 0.494 e. The molecule has 0 aliphatic rings. The number of aromatic carboxylic acids is 1. The fourth-order valence-electron chi connectivity index (χ4n) is 3.16. The van der Waals surface area contributed by atoms with Gasteiger partial charge in [0.2, 0.25) is 0 Å². The number of carbonyl (C=O) groups is 1. The Morgan fingerprint density at radius 3 is 2.72 bits per heavy atom. The van der Waals surface area contributed by atoms with Crippen molar-refractivity contribution in [2.75, 3.05) is 7.11 Å². The maximum Gasteiger partial charge on any atom is 0.337 e. The molecule has 6 nitrogen and oxygen atoms in total. The van der Waals surface area contributed by atoms with Crippen LogP contribution in [0.5, 0.6) is 5.75 Å². The van der Waals surface area contributed by atoms with E-state index in [1.807, 2.05) is 12.1 Å². The van der Waals surface area contributed by atoms with E-state index < -0.39 is 11.8 Å². The highest BCUT2D eigenvalue weighted by Gasteiger charge is 2.15. The maximum absolute atomic E-state index is 13.6. The number of benzene rings is 2. The number of halogens is 2. The molecule has 2 heterocycles. The Balaban J connectivity index is 1.65. The molecule has 0 aliphatic carbocycles. The van der Waals surface area contributed by atoms with Crippen molar-refractivity contribution in [3.8, 4) is 17.0 Å². The zero-order valence-electron chi connectivity index (χ0n) is 15.3. The zero-order chi connectivity index (χ0) is 20.5. The monoisotopic (exact) mass is 411 g/mol. The minimum Gasteiger partial charge on any atom is -0.494 e. The number of rotatable bonds is 5. The lowest BCUT2D eigenvalue weighted by Crippen LogP contribution is -2.06. The molecule has 0 unspecified atom stereocenters. The van der Waals surface area contributed by atoms with Crippen LogP contribution in [0.3, 0.4) is 0 Å². The molecule has 8 heteroatoms. The minimum atomic E-state index is -1.07. The van der Waals surface area contributed by atoms with Crippen LogP contribution in [0.2, 0.25) is 5.02 Å². The lowest BCUT2D eigenvalue weighted by atomic mass is 10.1. The summed E-state index contributed by atoms with van der Waals surface area (Å²) in [4.78, 5) is 16.0. The van der Waals surface area contributed by atoms with Gasteiger partial charge in [0.05, 0.1) is 36.6 Å². The third-order valence-corrected chi connectivity index (χ3v) is 4.75. The zero-order valence-corrected chi connectivity index (χ0v) is 16.0. The van der Waals surface area contributed by atoms with Crippen LogP contribution in [0.4, 0.5) is 4.39 Å². The molecule has 0 saturated carbocycles. The molecule has 29 heavy (non-hydrogen) atoms. The standard InChI is InChI=1S/C21H15ClFN3O3/c1-29-19-7-13(3-4-17(19)23)18-5-2-12(9-24-18)11-26-20-14(10-25-26)6-15(22)8-16(20)21(27)28/h2-10H,11H2,1H3,(H,27,28). The Bertz CT molecular complexity index is 1220. The molecule has 4 rings (SSSR count). The number of hydrogen-bond donors (Lipinski definition) is 1. The molecule has 0 aliphatic heterocycles. The van der Waals surface area contributed by atoms with E-state index in [0.29, 0.717) is 28.2 Å². The van der Waals surface area contributed by atoms with E-state index in [1.54, 1.807) is 35.3 Å². The molecule has 0 spiro atoms. The summed E-state index contributed by atoms with van der Waals surface area (Å²) in [6, 6.07) is 11.3. The van der Waals surface area contributed by atoms with Crippen LogP contribution in [0.1, 0.15) is 15.9 Å². The third kappa shape index (κ3) is 3.64. The number of carboxylic acid groups (broad SMARTS) is 1. The number of hydrogen-bond acceptors (Lipinski definition) is 4. The van der Waals surface area contributed by atoms with Crippen molar-refractivity contribution < 1.29 is 19.0 Å². The number of pyridine rings is 1. The van der Waals surface area contributed by atoms with Crippen LogP contribution in [-0.2, 0) is 6.54 Å². The van der Waals surface area contributed by atoms with E-state index in [-0.39, 0.29) is 11.3 Å². The summed E-state index contributed by atoms with van der Waals surface area (Å²) in [6.45, 7) is 0.339. The topological polar surface area (TPSA) is 77.2 Å². The van der Waals surface area contributed by atoms with E-state index in [2.05, 4.69) is 10.1 Å². The lowest BCUT2D eigenvalue weighted by molar-refractivity contribution is 0.0698. The van der Waals surface area contributed by atoms with Gasteiger partial charge in [0.1, 0.15) is 0 Å². The van der Waals surface area contributed by atoms with Crippen LogP contribution in [0.25, 0.3) is 22.2 Å². The van der Waals surface area contributed by atoms with Crippen molar-refractivity contribution in [3.63, 3.8) is 0 Å². The number of nitrogens with zero attached hydrogens (tertiary/aromatic N) is 3. The Morgan fingerprint density at radius 1 is 1.21 bits per heavy atom. The second kappa shape index (κ2) is 7.52. The first-order valence-electron chi connectivity index (χ1n) is 8.63. The molecule has 0 radical (unpaired) electrons. The van der Waals surface area contributed by atoms with Gasteiger partial charge in [-0.25, -0.2) is 9.18 Å². The number of ether oxygens (including phenoxy) is 1. The molecule has 0 fully saturated rings. The van der Waals surface area contributed by atoms with E-state index in [9.17, 15) is 14.3 Å². The predicted molar refractivity (Wildman–Crippen MR) is 107 cm³/mol. The van der Waals surface area contributed by atoms with Gasteiger partial charge in [-0.2, -0.15) is 5.10 Å². The molecule has 0 amide bonds. The van der Waals surface area contributed by atoms with Crippen molar-refractivity contribution in [2.24, 2.45) is 0 Å². The lowest BCUT2D eigenvalue weighted by Gasteiger charge is -2.08. The summed E-state index contributed by atoms with van der Waals surface area (Å²) in [5.41, 5.74) is 2.80. The van der Waals surface area contributed by atoms with Crippen LogP contribution >= 0.6 is 11.6 Å². The SMILES string of the molecule is COc1cc(-c2ccc(Cn3ncc4cc(Cl)cc(C(=O)O)c43)cn2)ccc1F. The fraction of sp³-hybridized carbons (Fsp3) is 0.0952. The Kier molecular flexibility index (Phi) is 4.90. The number of aromatic nitrogens is 3. The fourth-order valence-corrected chi connectivity index (χ4v) is 3.39. The van der Waals surface area contributed by atoms with Crippen molar-refractivity contribution in [2.45, 2.75) is 6.54 Å². The van der Waals surface area contributed by atoms with Crippen molar-refractivity contribution >= 4 is 28.5 Å². The van der Waals surface area contributed by atoms with E-state index in [0.717, 1.165) is 11.1 Å². The van der Waals surface area contributed by atoms with Gasteiger partial charge in [-0.05, 0) is 42.0 Å². The van der Waals surface area contributed by atoms with Crippen molar-refractivity contribution in [3.05, 3.63) is 76.8 Å². The summed E-state index contributed by atoms with van der Waals surface area (Å²) < 4.78 is 20.2. The Hall–Kier alpha value is -3.45. The highest BCUT2D eigenvalue weighted by Crippen LogP contribution is 2.27. The van der Waals surface area contributed by atoms with Gasteiger partial charge < -0.3 is 9.84 Å². The van der Waals surface area contributed by atoms with E-state index in [1.165, 1.54) is 19.2 Å². The molecule has 4 aromatic rings.